The van der Waals surface area contributed by atoms with Crippen LogP contribution in [0.1, 0.15) is 57.1 Å². The highest BCUT2D eigenvalue weighted by Crippen LogP contribution is 2.34. The molecular weight excluding hydrogens is 248 g/mol. The van der Waals surface area contributed by atoms with Gasteiger partial charge in [0, 0.05) is 12.1 Å². The Labute approximate surface area is 123 Å². The molecule has 3 nitrogen and oxygen atoms in total. The first kappa shape index (κ1) is 15.6. The standard InChI is InChI=1S/C17H30N2O/c1-13-14(10-16(11-18)20-13)12-19-8-5-6-15(7-9-19)17(2,3)4/h10,15H,5-9,11-12,18H2,1-4H3. The highest BCUT2D eigenvalue weighted by molar-refractivity contribution is 5.20. The van der Waals surface area contributed by atoms with E-state index in [-0.39, 0.29) is 0 Å². The molecule has 1 aliphatic rings. The van der Waals surface area contributed by atoms with E-state index >= 15 is 0 Å². The lowest BCUT2D eigenvalue weighted by atomic mass is 9.77. The molecule has 3 heteroatoms. The molecule has 1 unspecified atom stereocenters. The van der Waals surface area contributed by atoms with E-state index in [1.807, 2.05) is 6.92 Å². The van der Waals surface area contributed by atoms with E-state index in [1.54, 1.807) is 0 Å². The summed E-state index contributed by atoms with van der Waals surface area (Å²) in [7, 11) is 0. The lowest BCUT2D eigenvalue weighted by Gasteiger charge is -2.29. The highest BCUT2D eigenvalue weighted by atomic mass is 16.3. The first-order chi connectivity index (χ1) is 9.40. The maximum Gasteiger partial charge on any atom is 0.118 e. The van der Waals surface area contributed by atoms with Crippen LogP contribution in [0, 0.1) is 18.3 Å². The number of aryl methyl sites for hydroxylation is 1. The van der Waals surface area contributed by atoms with Gasteiger partial charge in [-0.05, 0) is 56.7 Å². The lowest BCUT2D eigenvalue weighted by Crippen LogP contribution is -2.26. The summed E-state index contributed by atoms with van der Waals surface area (Å²) in [4.78, 5) is 2.57. The van der Waals surface area contributed by atoms with Gasteiger partial charge in [0.05, 0.1) is 6.54 Å². The molecule has 0 amide bonds. The normalized spacial score (nSPS) is 21.9. The van der Waals surface area contributed by atoms with Gasteiger partial charge < -0.3 is 10.2 Å². The van der Waals surface area contributed by atoms with Crippen molar-refractivity contribution in [1.29, 1.82) is 0 Å². The molecule has 0 saturated carbocycles. The summed E-state index contributed by atoms with van der Waals surface area (Å²) in [5, 5.41) is 0. The van der Waals surface area contributed by atoms with Crippen molar-refractivity contribution in [3.05, 3.63) is 23.2 Å². The van der Waals surface area contributed by atoms with Crippen LogP contribution in [0.4, 0.5) is 0 Å². The molecule has 0 aliphatic carbocycles. The fourth-order valence-corrected chi connectivity index (χ4v) is 3.27. The third-order valence-electron chi connectivity index (χ3n) is 4.71. The number of hydrogen-bond donors (Lipinski definition) is 1. The monoisotopic (exact) mass is 278 g/mol. The van der Waals surface area contributed by atoms with Crippen LogP contribution in [0.2, 0.25) is 0 Å². The summed E-state index contributed by atoms with van der Waals surface area (Å²) < 4.78 is 5.66. The van der Waals surface area contributed by atoms with Crippen molar-refractivity contribution in [3.8, 4) is 0 Å². The zero-order valence-electron chi connectivity index (χ0n) is 13.5. The second-order valence-corrected chi connectivity index (χ2v) is 7.27. The average Bonchev–Trinajstić information content (AvgIpc) is 2.59. The number of rotatable bonds is 3. The summed E-state index contributed by atoms with van der Waals surface area (Å²) in [6.07, 6.45) is 3.98. The van der Waals surface area contributed by atoms with Crippen LogP contribution in [0.25, 0.3) is 0 Å². The molecule has 1 atom stereocenters. The summed E-state index contributed by atoms with van der Waals surface area (Å²) in [6.45, 7) is 13.1. The van der Waals surface area contributed by atoms with E-state index in [2.05, 4.69) is 31.7 Å². The van der Waals surface area contributed by atoms with Crippen LogP contribution < -0.4 is 5.73 Å². The van der Waals surface area contributed by atoms with Gasteiger partial charge in [-0.2, -0.15) is 0 Å². The average molecular weight is 278 g/mol. The Morgan fingerprint density at radius 2 is 2.05 bits per heavy atom. The van der Waals surface area contributed by atoms with E-state index in [4.69, 9.17) is 10.2 Å². The summed E-state index contributed by atoms with van der Waals surface area (Å²) in [6, 6.07) is 2.13. The van der Waals surface area contributed by atoms with E-state index in [0.29, 0.717) is 12.0 Å². The van der Waals surface area contributed by atoms with Gasteiger partial charge in [0.25, 0.3) is 0 Å². The van der Waals surface area contributed by atoms with Crippen molar-refractivity contribution >= 4 is 0 Å². The van der Waals surface area contributed by atoms with E-state index in [9.17, 15) is 0 Å². The Morgan fingerprint density at radius 1 is 1.30 bits per heavy atom. The van der Waals surface area contributed by atoms with Crippen molar-refractivity contribution in [2.45, 2.75) is 60.0 Å². The predicted molar refractivity (Wildman–Crippen MR) is 83.4 cm³/mol. The van der Waals surface area contributed by atoms with Crippen molar-refractivity contribution in [2.75, 3.05) is 13.1 Å². The quantitative estimate of drug-likeness (QED) is 0.917. The predicted octanol–water partition coefficient (Wildman–Crippen LogP) is 3.69. The minimum atomic E-state index is 0.439. The molecule has 0 aromatic carbocycles. The topological polar surface area (TPSA) is 42.4 Å². The molecule has 2 rings (SSSR count). The molecule has 1 saturated heterocycles. The van der Waals surface area contributed by atoms with Crippen LogP contribution in [0.3, 0.4) is 0 Å². The molecule has 2 heterocycles. The molecule has 114 valence electrons. The van der Waals surface area contributed by atoms with Gasteiger partial charge in [0.2, 0.25) is 0 Å². The SMILES string of the molecule is Cc1oc(CN)cc1CN1CCCC(C(C)(C)C)CC1. The van der Waals surface area contributed by atoms with Crippen LogP contribution in [-0.4, -0.2) is 18.0 Å². The molecule has 1 aromatic heterocycles. The molecule has 20 heavy (non-hydrogen) atoms. The number of furan rings is 1. The van der Waals surface area contributed by atoms with Crippen molar-refractivity contribution in [3.63, 3.8) is 0 Å². The number of nitrogens with zero attached hydrogens (tertiary/aromatic N) is 1. The molecule has 2 N–H and O–H groups in total. The van der Waals surface area contributed by atoms with E-state index in [1.165, 1.54) is 37.9 Å². The molecule has 0 spiro atoms. The van der Waals surface area contributed by atoms with Gasteiger partial charge in [-0.15, -0.1) is 0 Å². The Balaban J connectivity index is 1.95. The number of nitrogens with two attached hydrogens (primary N) is 1. The number of likely N-dealkylation sites (tertiary alicyclic amines) is 1. The van der Waals surface area contributed by atoms with Gasteiger partial charge in [0.15, 0.2) is 0 Å². The van der Waals surface area contributed by atoms with Gasteiger partial charge in [-0.1, -0.05) is 20.8 Å². The fourth-order valence-electron chi connectivity index (χ4n) is 3.27. The van der Waals surface area contributed by atoms with E-state index in [0.717, 1.165) is 24.0 Å². The van der Waals surface area contributed by atoms with Crippen LogP contribution in [-0.2, 0) is 13.1 Å². The fraction of sp³-hybridized carbons (Fsp3) is 0.765. The van der Waals surface area contributed by atoms with Crippen LogP contribution in [0.5, 0.6) is 0 Å². The first-order valence-electron chi connectivity index (χ1n) is 7.90. The number of hydrogen-bond acceptors (Lipinski definition) is 3. The molecule has 0 radical (unpaired) electrons. The van der Waals surface area contributed by atoms with Gasteiger partial charge in [-0.3, -0.25) is 4.90 Å². The lowest BCUT2D eigenvalue weighted by molar-refractivity contribution is 0.206. The zero-order valence-corrected chi connectivity index (χ0v) is 13.5. The van der Waals surface area contributed by atoms with Crippen molar-refractivity contribution in [1.82, 2.24) is 4.90 Å². The Morgan fingerprint density at radius 3 is 2.65 bits per heavy atom. The largest absolute Gasteiger partial charge is 0.465 e. The molecule has 1 aliphatic heterocycles. The Kier molecular flexibility index (Phi) is 4.92. The van der Waals surface area contributed by atoms with Gasteiger partial charge >= 0.3 is 0 Å². The maximum absolute atomic E-state index is 5.66. The van der Waals surface area contributed by atoms with E-state index < -0.39 is 0 Å². The van der Waals surface area contributed by atoms with Crippen molar-refractivity contribution in [2.24, 2.45) is 17.1 Å². The Hall–Kier alpha value is -0.800. The van der Waals surface area contributed by atoms with Crippen LogP contribution >= 0.6 is 0 Å². The second kappa shape index (κ2) is 6.31. The summed E-state index contributed by atoms with van der Waals surface area (Å²) >= 11 is 0. The van der Waals surface area contributed by atoms with Gasteiger partial charge in [-0.25, -0.2) is 0 Å². The smallest absolute Gasteiger partial charge is 0.118 e. The first-order valence-corrected chi connectivity index (χ1v) is 7.90. The summed E-state index contributed by atoms with van der Waals surface area (Å²) in [5.74, 6) is 2.78. The maximum atomic E-state index is 5.66. The third kappa shape index (κ3) is 3.86. The summed E-state index contributed by atoms with van der Waals surface area (Å²) in [5.41, 5.74) is 7.39. The molecule has 1 aromatic rings. The minimum absolute atomic E-state index is 0.439. The van der Waals surface area contributed by atoms with Crippen LogP contribution in [0.15, 0.2) is 10.5 Å². The Bertz CT molecular complexity index is 431. The molecule has 1 fully saturated rings. The minimum Gasteiger partial charge on any atom is -0.465 e. The molecule has 0 bridgehead atoms. The third-order valence-corrected chi connectivity index (χ3v) is 4.71. The van der Waals surface area contributed by atoms with Gasteiger partial charge in [0.1, 0.15) is 11.5 Å². The zero-order chi connectivity index (χ0) is 14.8. The van der Waals surface area contributed by atoms with Crippen molar-refractivity contribution < 1.29 is 4.42 Å². The molecular formula is C17H30N2O. The highest BCUT2D eigenvalue weighted by Gasteiger charge is 2.27. The second-order valence-electron chi connectivity index (χ2n) is 7.27.